The summed E-state index contributed by atoms with van der Waals surface area (Å²) >= 11 is 0. The summed E-state index contributed by atoms with van der Waals surface area (Å²) < 4.78 is 0. The van der Waals surface area contributed by atoms with Gasteiger partial charge in [0.15, 0.2) is 0 Å². The van der Waals surface area contributed by atoms with Crippen LogP contribution in [0, 0.1) is 13.8 Å². The lowest BCUT2D eigenvalue weighted by molar-refractivity contribution is 1.09. The fourth-order valence-electron chi connectivity index (χ4n) is 1.19. The Bertz CT molecular complexity index is 223. The molecule has 0 aliphatic carbocycles. The van der Waals surface area contributed by atoms with Crippen molar-refractivity contribution in [3.63, 3.8) is 0 Å². The fourth-order valence-corrected chi connectivity index (χ4v) is 1.19. The molecule has 0 fully saturated rings. The molecule has 0 radical (unpaired) electrons. The molecule has 0 nitrogen and oxygen atoms in total. The SMILES string of the molecule is CC.CC.CCc1cccc(C)c1C. The second-order valence-corrected chi connectivity index (χ2v) is 2.71. The highest BCUT2D eigenvalue weighted by molar-refractivity contribution is 5.32. The van der Waals surface area contributed by atoms with Gasteiger partial charge in [-0.15, -0.1) is 0 Å². The lowest BCUT2D eigenvalue weighted by Gasteiger charge is -2.04. The third-order valence-corrected chi connectivity index (χ3v) is 2.10. The Morgan fingerprint density at radius 2 is 1.43 bits per heavy atom. The molecule has 0 saturated carbocycles. The predicted molar refractivity (Wildman–Crippen MR) is 68.0 cm³/mol. The summed E-state index contributed by atoms with van der Waals surface area (Å²) in [5, 5.41) is 0. The van der Waals surface area contributed by atoms with Crippen molar-refractivity contribution >= 4 is 0 Å². The zero-order valence-electron chi connectivity index (χ0n) is 10.9. The molecule has 0 heterocycles. The molecule has 0 saturated heterocycles. The largest absolute Gasteiger partial charge is 0.0683 e. The standard InChI is InChI=1S/C10H14.2C2H6/c1-4-10-7-5-6-8(2)9(10)3;2*1-2/h5-7H,4H2,1-3H3;2*1-2H3. The summed E-state index contributed by atoms with van der Waals surface area (Å²) in [4.78, 5) is 0. The van der Waals surface area contributed by atoms with Crippen LogP contribution in [0.4, 0.5) is 0 Å². The van der Waals surface area contributed by atoms with Crippen molar-refractivity contribution in [2.45, 2.75) is 54.9 Å². The highest BCUT2D eigenvalue weighted by Gasteiger charge is 1.95. The van der Waals surface area contributed by atoms with Gasteiger partial charge in [-0.3, -0.25) is 0 Å². The van der Waals surface area contributed by atoms with Crippen LogP contribution < -0.4 is 0 Å². The van der Waals surface area contributed by atoms with E-state index in [4.69, 9.17) is 0 Å². The second-order valence-electron chi connectivity index (χ2n) is 2.71. The molecule has 1 aromatic rings. The first-order chi connectivity index (χ1) is 6.75. The first-order valence-electron chi connectivity index (χ1n) is 5.80. The lowest BCUT2D eigenvalue weighted by atomic mass is 10.0. The average molecular weight is 194 g/mol. The van der Waals surface area contributed by atoms with Gasteiger partial charge in [0.05, 0.1) is 0 Å². The lowest BCUT2D eigenvalue weighted by Crippen LogP contribution is -1.88. The maximum Gasteiger partial charge on any atom is -0.0305 e. The quantitative estimate of drug-likeness (QED) is 0.595. The first-order valence-corrected chi connectivity index (χ1v) is 5.80. The molecule has 0 aliphatic rings. The van der Waals surface area contributed by atoms with Crippen LogP contribution in [0.1, 0.15) is 51.3 Å². The van der Waals surface area contributed by atoms with Crippen molar-refractivity contribution < 1.29 is 0 Å². The minimum Gasteiger partial charge on any atom is -0.0683 e. The molecule has 0 atom stereocenters. The Morgan fingerprint density at radius 1 is 0.929 bits per heavy atom. The molecule has 0 spiro atoms. The molecule has 0 heteroatoms. The van der Waals surface area contributed by atoms with Gasteiger partial charge in [-0.25, -0.2) is 0 Å². The fraction of sp³-hybridized carbons (Fsp3) is 0.571. The van der Waals surface area contributed by atoms with Crippen molar-refractivity contribution in [3.8, 4) is 0 Å². The molecule has 0 bridgehead atoms. The van der Waals surface area contributed by atoms with Crippen LogP contribution in [0.3, 0.4) is 0 Å². The van der Waals surface area contributed by atoms with Crippen LogP contribution in [0.15, 0.2) is 18.2 Å². The monoisotopic (exact) mass is 194 g/mol. The maximum atomic E-state index is 2.20. The Morgan fingerprint density at radius 3 is 1.79 bits per heavy atom. The molecular weight excluding hydrogens is 168 g/mol. The molecule has 0 aromatic heterocycles. The van der Waals surface area contributed by atoms with Gasteiger partial charge in [-0.05, 0) is 37.0 Å². The van der Waals surface area contributed by atoms with Crippen molar-refractivity contribution in [1.82, 2.24) is 0 Å². The highest BCUT2D eigenvalue weighted by atomic mass is 14.0. The minimum atomic E-state index is 1.15. The van der Waals surface area contributed by atoms with Crippen LogP contribution in [-0.4, -0.2) is 0 Å². The number of aryl methyl sites for hydroxylation is 2. The molecule has 1 rings (SSSR count). The summed E-state index contributed by atoms with van der Waals surface area (Å²) in [5.41, 5.74) is 4.32. The Hall–Kier alpha value is -0.780. The van der Waals surface area contributed by atoms with E-state index in [0.29, 0.717) is 0 Å². The van der Waals surface area contributed by atoms with Crippen LogP contribution in [0.5, 0.6) is 0 Å². The summed E-state index contributed by atoms with van der Waals surface area (Å²) in [5.74, 6) is 0. The van der Waals surface area contributed by atoms with Crippen molar-refractivity contribution in [3.05, 3.63) is 34.9 Å². The van der Waals surface area contributed by atoms with Crippen molar-refractivity contribution in [2.75, 3.05) is 0 Å². The van der Waals surface area contributed by atoms with E-state index in [9.17, 15) is 0 Å². The van der Waals surface area contributed by atoms with Gasteiger partial charge >= 0.3 is 0 Å². The van der Waals surface area contributed by atoms with Gasteiger partial charge in [0.2, 0.25) is 0 Å². The third-order valence-electron chi connectivity index (χ3n) is 2.10. The third kappa shape index (κ3) is 5.06. The Balaban J connectivity index is 0. The highest BCUT2D eigenvalue weighted by Crippen LogP contribution is 2.12. The molecule has 82 valence electrons. The summed E-state index contributed by atoms with van der Waals surface area (Å²) in [6.07, 6.45) is 1.15. The van der Waals surface area contributed by atoms with Crippen LogP contribution >= 0.6 is 0 Å². The molecule has 1 aromatic carbocycles. The summed E-state index contributed by atoms with van der Waals surface area (Å²) in [6.45, 7) is 14.5. The molecule has 14 heavy (non-hydrogen) atoms. The molecular formula is C14H26. The number of hydrogen-bond donors (Lipinski definition) is 0. The van der Waals surface area contributed by atoms with E-state index in [0.717, 1.165) is 6.42 Å². The smallest absolute Gasteiger partial charge is 0.0305 e. The van der Waals surface area contributed by atoms with E-state index < -0.39 is 0 Å². The van der Waals surface area contributed by atoms with E-state index in [1.165, 1.54) is 16.7 Å². The van der Waals surface area contributed by atoms with Gasteiger partial charge < -0.3 is 0 Å². The number of benzene rings is 1. The van der Waals surface area contributed by atoms with Crippen LogP contribution in [0.2, 0.25) is 0 Å². The molecule has 0 unspecified atom stereocenters. The Kier molecular flexibility index (Phi) is 11.5. The first kappa shape index (κ1) is 15.7. The number of rotatable bonds is 1. The van der Waals surface area contributed by atoms with Gasteiger partial charge in [0.25, 0.3) is 0 Å². The maximum absolute atomic E-state index is 2.20. The molecule has 0 amide bonds. The topological polar surface area (TPSA) is 0 Å². The van der Waals surface area contributed by atoms with E-state index in [1.54, 1.807) is 0 Å². The minimum absolute atomic E-state index is 1.15. The molecule has 0 aliphatic heterocycles. The van der Waals surface area contributed by atoms with E-state index in [1.807, 2.05) is 27.7 Å². The summed E-state index contributed by atoms with van der Waals surface area (Å²) in [6, 6.07) is 6.48. The van der Waals surface area contributed by atoms with Crippen LogP contribution in [0.25, 0.3) is 0 Å². The number of hydrogen-bond acceptors (Lipinski definition) is 0. The molecule has 0 N–H and O–H groups in total. The van der Waals surface area contributed by atoms with Crippen molar-refractivity contribution in [1.29, 1.82) is 0 Å². The van der Waals surface area contributed by atoms with Gasteiger partial charge in [-0.2, -0.15) is 0 Å². The predicted octanol–water partition coefficient (Wildman–Crippen LogP) is 4.92. The summed E-state index contributed by atoms with van der Waals surface area (Å²) in [7, 11) is 0. The van der Waals surface area contributed by atoms with Gasteiger partial charge in [0, 0.05) is 0 Å². The zero-order valence-corrected chi connectivity index (χ0v) is 10.9. The zero-order chi connectivity index (χ0) is 11.6. The van der Waals surface area contributed by atoms with E-state index in [2.05, 4.69) is 39.0 Å². The Labute approximate surface area is 90.4 Å². The van der Waals surface area contributed by atoms with Crippen LogP contribution in [-0.2, 0) is 6.42 Å². The normalized spacial score (nSPS) is 7.93. The van der Waals surface area contributed by atoms with E-state index >= 15 is 0 Å². The van der Waals surface area contributed by atoms with Crippen molar-refractivity contribution in [2.24, 2.45) is 0 Å². The average Bonchev–Trinajstić information content (AvgIpc) is 2.28. The van der Waals surface area contributed by atoms with Gasteiger partial charge in [-0.1, -0.05) is 52.8 Å². The second kappa shape index (κ2) is 10.3. The van der Waals surface area contributed by atoms with Gasteiger partial charge in [0.1, 0.15) is 0 Å². The van der Waals surface area contributed by atoms with E-state index in [-0.39, 0.29) is 0 Å².